The molecule has 3 rings (SSSR count). The lowest BCUT2D eigenvalue weighted by Gasteiger charge is -2.35. The third kappa shape index (κ3) is 5.53. The minimum Gasteiger partial charge on any atom is -0.387 e. The molecule has 0 spiro atoms. The van der Waals surface area contributed by atoms with Crippen LogP contribution in [-0.2, 0) is 4.79 Å². The average molecular weight is 388 g/mol. The summed E-state index contributed by atoms with van der Waals surface area (Å²) in [5, 5.41) is 11.1. The van der Waals surface area contributed by atoms with Gasteiger partial charge < -0.3 is 10.0 Å². The molecule has 1 amide bonds. The molecule has 1 fully saturated rings. The van der Waals surface area contributed by atoms with Crippen LogP contribution in [0.4, 0.5) is 5.69 Å². The second-order valence-electron chi connectivity index (χ2n) is 6.94. The topological polar surface area (TPSA) is 47.0 Å². The van der Waals surface area contributed by atoms with E-state index in [-0.39, 0.29) is 5.91 Å². The molecule has 1 aliphatic heterocycles. The number of amides is 1. The Balaban J connectivity index is 1.45. The highest BCUT2D eigenvalue weighted by Gasteiger charge is 2.22. The van der Waals surface area contributed by atoms with Gasteiger partial charge in [-0.3, -0.25) is 14.6 Å². The van der Waals surface area contributed by atoms with E-state index in [2.05, 4.69) is 9.80 Å². The van der Waals surface area contributed by atoms with Gasteiger partial charge in [-0.05, 0) is 29.8 Å². The number of hydrogen-bond acceptors (Lipinski definition) is 4. The zero-order valence-corrected chi connectivity index (χ0v) is 16.3. The highest BCUT2D eigenvalue weighted by atomic mass is 35.5. The van der Waals surface area contributed by atoms with E-state index in [0.29, 0.717) is 18.1 Å². The van der Waals surface area contributed by atoms with Crippen molar-refractivity contribution in [3.63, 3.8) is 0 Å². The fourth-order valence-corrected chi connectivity index (χ4v) is 3.49. The van der Waals surface area contributed by atoms with Gasteiger partial charge in [0.15, 0.2) is 0 Å². The van der Waals surface area contributed by atoms with Crippen molar-refractivity contribution >= 4 is 23.2 Å². The Labute approximate surface area is 165 Å². The number of halogens is 1. The van der Waals surface area contributed by atoms with Gasteiger partial charge in [0.2, 0.25) is 5.91 Å². The lowest BCUT2D eigenvalue weighted by molar-refractivity contribution is -0.119. The molecule has 144 valence electrons. The maximum absolute atomic E-state index is 12.5. The summed E-state index contributed by atoms with van der Waals surface area (Å²) in [7, 11) is 1.81. The van der Waals surface area contributed by atoms with Crippen LogP contribution in [-0.4, -0.2) is 67.1 Å². The lowest BCUT2D eigenvalue weighted by atomic mass is 10.1. The molecule has 0 aromatic heterocycles. The number of carbonyl (C=O) groups is 1. The predicted octanol–water partition coefficient (Wildman–Crippen LogP) is 2.65. The number of carbonyl (C=O) groups excluding carboxylic acids is 1. The van der Waals surface area contributed by atoms with E-state index in [0.717, 1.165) is 37.4 Å². The number of rotatable bonds is 6. The van der Waals surface area contributed by atoms with Crippen molar-refractivity contribution in [2.24, 2.45) is 0 Å². The normalized spacial score (nSPS) is 16.9. The molecular formula is C21H26ClN3O2. The maximum Gasteiger partial charge on any atom is 0.240 e. The Bertz CT molecular complexity index is 748. The molecule has 1 N–H and O–H groups in total. The van der Waals surface area contributed by atoms with Crippen LogP contribution in [0.2, 0.25) is 5.02 Å². The van der Waals surface area contributed by atoms with Gasteiger partial charge in [0.1, 0.15) is 0 Å². The predicted molar refractivity (Wildman–Crippen MR) is 109 cm³/mol. The van der Waals surface area contributed by atoms with Crippen LogP contribution >= 0.6 is 11.6 Å². The van der Waals surface area contributed by atoms with Crippen molar-refractivity contribution in [1.82, 2.24) is 9.80 Å². The number of anilines is 1. The first-order chi connectivity index (χ1) is 13.0. The van der Waals surface area contributed by atoms with Crippen molar-refractivity contribution in [1.29, 1.82) is 0 Å². The SMILES string of the molecule is CN(C(=O)CN1CCN(C[C@H](O)c2cccc(Cl)c2)CC1)c1ccccc1. The highest BCUT2D eigenvalue weighted by Crippen LogP contribution is 2.19. The van der Waals surface area contributed by atoms with E-state index in [1.54, 1.807) is 17.0 Å². The van der Waals surface area contributed by atoms with Gasteiger partial charge >= 0.3 is 0 Å². The number of hydrogen-bond donors (Lipinski definition) is 1. The summed E-state index contributed by atoms with van der Waals surface area (Å²) in [4.78, 5) is 18.6. The number of likely N-dealkylation sites (N-methyl/N-ethyl adjacent to an activating group) is 1. The summed E-state index contributed by atoms with van der Waals surface area (Å²) in [6.45, 7) is 4.29. The van der Waals surface area contributed by atoms with Gasteiger partial charge in [-0.15, -0.1) is 0 Å². The Morgan fingerprint density at radius 2 is 1.74 bits per heavy atom. The zero-order chi connectivity index (χ0) is 19.2. The monoisotopic (exact) mass is 387 g/mol. The van der Waals surface area contributed by atoms with Crippen LogP contribution in [0.15, 0.2) is 54.6 Å². The summed E-state index contributed by atoms with van der Waals surface area (Å²) in [5.41, 5.74) is 1.75. The van der Waals surface area contributed by atoms with E-state index in [1.165, 1.54) is 0 Å². The van der Waals surface area contributed by atoms with Gasteiger partial charge in [0.05, 0.1) is 12.6 Å². The number of aliphatic hydroxyl groups is 1. The minimum absolute atomic E-state index is 0.0913. The van der Waals surface area contributed by atoms with E-state index in [4.69, 9.17) is 11.6 Å². The Hall–Kier alpha value is -1.92. The first-order valence-electron chi connectivity index (χ1n) is 9.23. The number of benzene rings is 2. The minimum atomic E-state index is -0.555. The molecule has 2 aromatic rings. The molecule has 0 bridgehead atoms. The molecule has 0 aliphatic carbocycles. The van der Waals surface area contributed by atoms with Gasteiger partial charge in [-0.1, -0.05) is 41.9 Å². The Morgan fingerprint density at radius 3 is 2.41 bits per heavy atom. The van der Waals surface area contributed by atoms with Crippen LogP contribution in [0.25, 0.3) is 0 Å². The van der Waals surface area contributed by atoms with Crippen LogP contribution in [0, 0.1) is 0 Å². The number of β-amino-alcohol motifs (C(OH)–C–C–N with tert-alkyl or cyclic N) is 1. The second-order valence-corrected chi connectivity index (χ2v) is 7.37. The number of aliphatic hydroxyl groups excluding tert-OH is 1. The number of para-hydroxylation sites is 1. The number of nitrogens with zero attached hydrogens (tertiary/aromatic N) is 3. The van der Waals surface area contributed by atoms with Gasteiger partial charge in [-0.2, -0.15) is 0 Å². The molecule has 0 saturated carbocycles. The zero-order valence-electron chi connectivity index (χ0n) is 15.6. The van der Waals surface area contributed by atoms with Crippen molar-refractivity contribution in [2.45, 2.75) is 6.10 Å². The van der Waals surface area contributed by atoms with E-state index in [1.807, 2.05) is 49.5 Å². The van der Waals surface area contributed by atoms with Crippen molar-refractivity contribution in [3.05, 3.63) is 65.2 Å². The van der Waals surface area contributed by atoms with Crippen molar-refractivity contribution in [2.75, 3.05) is 51.2 Å². The summed E-state index contributed by atoms with van der Waals surface area (Å²) in [6, 6.07) is 17.0. The third-order valence-corrected chi connectivity index (χ3v) is 5.24. The number of piperazine rings is 1. The van der Waals surface area contributed by atoms with Gasteiger partial charge in [0, 0.05) is 50.5 Å². The standard InChI is InChI=1S/C21H26ClN3O2/c1-23(19-8-3-2-4-9-19)21(27)16-25-12-10-24(11-13-25)15-20(26)17-6-5-7-18(22)14-17/h2-9,14,20,26H,10-13,15-16H2,1H3/t20-/m0/s1. The molecule has 0 unspecified atom stereocenters. The molecule has 1 heterocycles. The highest BCUT2D eigenvalue weighted by molar-refractivity contribution is 6.30. The summed E-state index contributed by atoms with van der Waals surface area (Å²) in [5.74, 6) is 0.0913. The van der Waals surface area contributed by atoms with E-state index in [9.17, 15) is 9.90 Å². The second kappa shape index (κ2) is 9.33. The quantitative estimate of drug-likeness (QED) is 0.827. The van der Waals surface area contributed by atoms with E-state index < -0.39 is 6.10 Å². The Kier molecular flexibility index (Phi) is 6.85. The van der Waals surface area contributed by atoms with Crippen LogP contribution < -0.4 is 4.90 Å². The molecule has 0 radical (unpaired) electrons. The smallest absolute Gasteiger partial charge is 0.240 e. The molecule has 27 heavy (non-hydrogen) atoms. The summed E-state index contributed by atoms with van der Waals surface area (Å²) >= 11 is 6.00. The fraction of sp³-hybridized carbons (Fsp3) is 0.381. The first kappa shape index (κ1) is 19.8. The van der Waals surface area contributed by atoms with Crippen LogP contribution in [0.1, 0.15) is 11.7 Å². The molecule has 6 heteroatoms. The molecule has 2 aromatic carbocycles. The summed E-state index contributed by atoms with van der Waals surface area (Å²) < 4.78 is 0. The Morgan fingerprint density at radius 1 is 1.07 bits per heavy atom. The van der Waals surface area contributed by atoms with Gasteiger partial charge in [-0.25, -0.2) is 0 Å². The van der Waals surface area contributed by atoms with Crippen molar-refractivity contribution < 1.29 is 9.90 Å². The molecular weight excluding hydrogens is 362 g/mol. The lowest BCUT2D eigenvalue weighted by Crippen LogP contribution is -2.50. The fourth-order valence-electron chi connectivity index (χ4n) is 3.29. The first-order valence-corrected chi connectivity index (χ1v) is 9.60. The van der Waals surface area contributed by atoms with E-state index >= 15 is 0 Å². The largest absolute Gasteiger partial charge is 0.387 e. The van der Waals surface area contributed by atoms with Gasteiger partial charge in [0.25, 0.3) is 0 Å². The van der Waals surface area contributed by atoms with Crippen molar-refractivity contribution in [3.8, 4) is 0 Å². The molecule has 1 atom stereocenters. The van der Waals surface area contributed by atoms with Crippen LogP contribution in [0.3, 0.4) is 0 Å². The summed E-state index contributed by atoms with van der Waals surface area (Å²) in [6.07, 6.45) is -0.555. The molecule has 1 saturated heterocycles. The maximum atomic E-state index is 12.5. The third-order valence-electron chi connectivity index (χ3n) is 5.01. The molecule has 1 aliphatic rings. The average Bonchev–Trinajstić information content (AvgIpc) is 2.69. The van der Waals surface area contributed by atoms with Crippen LogP contribution in [0.5, 0.6) is 0 Å². The molecule has 5 nitrogen and oxygen atoms in total.